The van der Waals surface area contributed by atoms with E-state index in [4.69, 9.17) is 0 Å². The van der Waals surface area contributed by atoms with E-state index in [9.17, 15) is 4.79 Å². The Hall–Kier alpha value is -2.10. The summed E-state index contributed by atoms with van der Waals surface area (Å²) in [4.78, 5) is 18.2. The highest BCUT2D eigenvalue weighted by atomic mass is 16.2. The zero-order valence-corrected chi connectivity index (χ0v) is 12.6. The van der Waals surface area contributed by atoms with E-state index in [2.05, 4.69) is 4.98 Å². The van der Waals surface area contributed by atoms with Crippen molar-refractivity contribution in [2.75, 3.05) is 13.6 Å². The minimum Gasteiger partial charge on any atom is -0.351 e. The number of likely N-dealkylation sites (N-methyl/N-ethyl adjacent to an activating group) is 1. The molecule has 0 N–H and O–H groups in total. The molecule has 0 atom stereocenters. The Morgan fingerprint density at radius 1 is 1.30 bits per heavy atom. The summed E-state index contributed by atoms with van der Waals surface area (Å²) in [6, 6.07) is 5.92. The van der Waals surface area contributed by atoms with E-state index in [0.717, 1.165) is 23.4 Å². The molecule has 0 aliphatic heterocycles. The van der Waals surface area contributed by atoms with Crippen molar-refractivity contribution < 1.29 is 4.79 Å². The first-order valence-corrected chi connectivity index (χ1v) is 6.78. The first-order valence-electron chi connectivity index (χ1n) is 6.78. The van der Waals surface area contributed by atoms with Crippen LogP contribution < -0.4 is 0 Å². The normalized spacial score (nSPS) is 10.6. The van der Waals surface area contributed by atoms with Gasteiger partial charge in [0.15, 0.2) is 0 Å². The van der Waals surface area contributed by atoms with Crippen molar-refractivity contribution in [1.82, 2.24) is 14.5 Å². The average Bonchev–Trinajstić information content (AvgIpc) is 2.72. The molecule has 20 heavy (non-hydrogen) atoms. The molecule has 2 rings (SSSR count). The lowest BCUT2D eigenvalue weighted by molar-refractivity contribution is 0.0796. The Morgan fingerprint density at radius 2 is 1.95 bits per heavy atom. The van der Waals surface area contributed by atoms with Gasteiger partial charge >= 0.3 is 0 Å². The molecule has 0 radical (unpaired) electrons. The first kappa shape index (κ1) is 14.3. The predicted octanol–water partition coefficient (Wildman–Crippen LogP) is 2.35. The number of carbonyl (C=O) groups excluding carboxylic acids is 1. The molecule has 106 valence electrons. The maximum absolute atomic E-state index is 12.5. The van der Waals surface area contributed by atoms with Crippen LogP contribution >= 0.6 is 0 Å². The third-order valence-corrected chi connectivity index (χ3v) is 3.84. The number of carbonyl (C=O) groups is 1. The Bertz CT molecular complexity index is 602. The zero-order chi connectivity index (χ0) is 14.7. The van der Waals surface area contributed by atoms with Crippen molar-refractivity contribution in [3.05, 3.63) is 53.1 Å². The van der Waals surface area contributed by atoms with Crippen LogP contribution in [-0.4, -0.2) is 34.0 Å². The van der Waals surface area contributed by atoms with Crippen LogP contribution in [0.4, 0.5) is 0 Å². The summed E-state index contributed by atoms with van der Waals surface area (Å²) < 4.78 is 2.05. The van der Waals surface area contributed by atoms with Crippen LogP contribution in [0.3, 0.4) is 0 Å². The number of rotatable bonds is 4. The van der Waals surface area contributed by atoms with Crippen molar-refractivity contribution in [3.63, 3.8) is 0 Å². The lowest BCUT2D eigenvalue weighted by Gasteiger charge is -2.17. The molecule has 0 bridgehead atoms. The van der Waals surface area contributed by atoms with Crippen molar-refractivity contribution >= 4 is 5.91 Å². The molecule has 0 unspecified atom stereocenters. The molecule has 0 saturated heterocycles. The van der Waals surface area contributed by atoms with E-state index in [0.29, 0.717) is 6.54 Å². The van der Waals surface area contributed by atoms with Crippen LogP contribution in [-0.2, 0) is 13.5 Å². The van der Waals surface area contributed by atoms with Gasteiger partial charge in [0.1, 0.15) is 0 Å². The number of aryl methyl sites for hydroxylation is 1. The Balaban J connectivity index is 2.03. The molecule has 0 aliphatic rings. The maximum Gasteiger partial charge on any atom is 0.255 e. The molecule has 4 nitrogen and oxygen atoms in total. The smallest absolute Gasteiger partial charge is 0.255 e. The van der Waals surface area contributed by atoms with Gasteiger partial charge in [-0.2, -0.15) is 0 Å². The lowest BCUT2D eigenvalue weighted by Crippen LogP contribution is -2.29. The largest absolute Gasteiger partial charge is 0.351 e. The average molecular weight is 271 g/mol. The lowest BCUT2D eigenvalue weighted by atomic mass is 10.1. The Morgan fingerprint density at radius 3 is 2.50 bits per heavy atom. The van der Waals surface area contributed by atoms with Gasteiger partial charge in [-0.3, -0.25) is 9.78 Å². The highest BCUT2D eigenvalue weighted by molar-refractivity contribution is 5.95. The fourth-order valence-corrected chi connectivity index (χ4v) is 2.23. The Kier molecular flexibility index (Phi) is 4.23. The maximum atomic E-state index is 12.5. The van der Waals surface area contributed by atoms with Crippen LogP contribution in [0.2, 0.25) is 0 Å². The number of amides is 1. The van der Waals surface area contributed by atoms with Crippen molar-refractivity contribution in [2.45, 2.75) is 20.3 Å². The van der Waals surface area contributed by atoms with Gasteiger partial charge in [0.05, 0.1) is 5.56 Å². The third kappa shape index (κ3) is 2.90. The fourth-order valence-electron chi connectivity index (χ4n) is 2.23. The zero-order valence-electron chi connectivity index (χ0n) is 12.6. The topological polar surface area (TPSA) is 38.1 Å². The molecule has 0 saturated carbocycles. The van der Waals surface area contributed by atoms with Crippen LogP contribution in [0, 0.1) is 13.8 Å². The molecule has 0 spiro atoms. The molecule has 0 fully saturated rings. The van der Waals surface area contributed by atoms with E-state index in [1.165, 1.54) is 5.56 Å². The van der Waals surface area contributed by atoms with E-state index in [1.807, 2.05) is 50.7 Å². The summed E-state index contributed by atoms with van der Waals surface area (Å²) in [5, 5.41) is 0. The quantitative estimate of drug-likeness (QED) is 0.856. The van der Waals surface area contributed by atoms with Crippen LogP contribution in [0.5, 0.6) is 0 Å². The molecular weight excluding hydrogens is 250 g/mol. The second-order valence-electron chi connectivity index (χ2n) is 5.18. The van der Waals surface area contributed by atoms with Crippen LogP contribution in [0.1, 0.15) is 27.3 Å². The van der Waals surface area contributed by atoms with Gasteiger partial charge in [-0.1, -0.05) is 0 Å². The van der Waals surface area contributed by atoms with E-state index in [-0.39, 0.29) is 5.91 Å². The summed E-state index contributed by atoms with van der Waals surface area (Å²) in [6.07, 6.45) is 4.40. The minimum absolute atomic E-state index is 0.0836. The molecule has 4 heteroatoms. The summed E-state index contributed by atoms with van der Waals surface area (Å²) in [7, 11) is 3.84. The summed E-state index contributed by atoms with van der Waals surface area (Å²) >= 11 is 0. The fraction of sp³-hybridized carbons (Fsp3) is 0.375. The van der Waals surface area contributed by atoms with E-state index < -0.39 is 0 Å². The summed E-state index contributed by atoms with van der Waals surface area (Å²) in [5.41, 5.74) is 4.11. The summed E-state index contributed by atoms with van der Waals surface area (Å²) in [5.74, 6) is 0.0836. The monoisotopic (exact) mass is 271 g/mol. The van der Waals surface area contributed by atoms with Gasteiger partial charge in [0.25, 0.3) is 5.91 Å². The molecule has 2 aromatic heterocycles. The highest BCUT2D eigenvalue weighted by Gasteiger charge is 2.17. The van der Waals surface area contributed by atoms with Gasteiger partial charge < -0.3 is 9.47 Å². The van der Waals surface area contributed by atoms with Gasteiger partial charge in [-0.15, -0.1) is 0 Å². The minimum atomic E-state index is 0.0836. The van der Waals surface area contributed by atoms with Crippen molar-refractivity contribution in [3.8, 4) is 0 Å². The van der Waals surface area contributed by atoms with Crippen LogP contribution in [0.15, 0.2) is 30.6 Å². The predicted molar refractivity (Wildman–Crippen MR) is 79.8 cm³/mol. The first-order chi connectivity index (χ1) is 9.50. The number of pyridine rings is 1. The van der Waals surface area contributed by atoms with E-state index in [1.54, 1.807) is 17.3 Å². The molecule has 0 aliphatic carbocycles. The highest BCUT2D eigenvalue weighted by Crippen LogP contribution is 2.15. The van der Waals surface area contributed by atoms with Crippen molar-refractivity contribution in [2.24, 2.45) is 7.05 Å². The second-order valence-corrected chi connectivity index (χ2v) is 5.18. The number of nitrogens with zero attached hydrogens (tertiary/aromatic N) is 3. The molecular formula is C16H21N3O. The van der Waals surface area contributed by atoms with Gasteiger partial charge in [0.2, 0.25) is 0 Å². The second kappa shape index (κ2) is 5.90. The molecule has 2 heterocycles. The molecule has 2 aromatic rings. The van der Waals surface area contributed by atoms with Crippen molar-refractivity contribution in [1.29, 1.82) is 0 Å². The Labute approximate surface area is 120 Å². The summed E-state index contributed by atoms with van der Waals surface area (Å²) in [6.45, 7) is 4.70. The SMILES string of the molecule is Cc1cc(C(=O)N(C)CCc2ccncc2)c(C)n1C. The van der Waals surface area contributed by atoms with Gasteiger partial charge in [-0.05, 0) is 44.0 Å². The van der Waals surface area contributed by atoms with Gasteiger partial charge in [-0.25, -0.2) is 0 Å². The third-order valence-electron chi connectivity index (χ3n) is 3.84. The molecule has 0 aromatic carbocycles. The van der Waals surface area contributed by atoms with Gasteiger partial charge in [0, 0.05) is 44.4 Å². The van der Waals surface area contributed by atoms with Crippen LogP contribution in [0.25, 0.3) is 0 Å². The number of hydrogen-bond donors (Lipinski definition) is 0. The van der Waals surface area contributed by atoms with E-state index >= 15 is 0 Å². The molecule has 1 amide bonds. The number of aromatic nitrogens is 2. The number of hydrogen-bond acceptors (Lipinski definition) is 2. The standard InChI is InChI=1S/C16H21N3O/c1-12-11-15(13(2)19(12)4)16(20)18(3)10-7-14-5-8-17-9-6-14/h5-6,8-9,11H,7,10H2,1-4H3.